The molecular weight excluding hydrogens is 392 g/mol. The Morgan fingerprint density at radius 2 is 1.57 bits per heavy atom. The molecular formula is C15H16BrClO6. The van der Waals surface area contributed by atoms with E-state index in [9.17, 15) is 9.59 Å². The van der Waals surface area contributed by atoms with Gasteiger partial charge in [-0.15, -0.1) is 0 Å². The maximum Gasteiger partial charge on any atom is 0.338 e. The van der Waals surface area contributed by atoms with Gasteiger partial charge in [0.05, 0.1) is 19.0 Å². The van der Waals surface area contributed by atoms with Gasteiger partial charge in [-0.05, 0) is 19.1 Å². The lowest BCUT2D eigenvalue weighted by molar-refractivity contribution is -0.192. The number of carbonyl (C=O) groups excluding carboxylic acids is 2. The minimum atomic E-state index is -1.36. The van der Waals surface area contributed by atoms with Crippen molar-refractivity contribution in [2.75, 3.05) is 14.2 Å². The lowest BCUT2D eigenvalue weighted by Crippen LogP contribution is -2.38. The van der Waals surface area contributed by atoms with E-state index in [0.29, 0.717) is 10.6 Å². The van der Waals surface area contributed by atoms with Crippen LogP contribution in [0, 0.1) is 0 Å². The number of halogens is 2. The Morgan fingerprint density at radius 3 is 1.91 bits per heavy atom. The molecule has 1 fully saturated rings. The summed E-state index contributed by atoms with van der Waals surface area (Å²) in [4.78, 5) is 23.6. The normalized spacial score (nSPS) is 24.0. The molecule has 1 aromatic carbocycles. The maximum absolute atomic E-state index is 12.0. The third-order valence-electron chi connectivity index (χ3n) is 3.52. The van der Waals surface area contributed by atoms with Crippen molar-refractivity contribution in [3.05, 3.63) is 34.9 Å². The minimum Gasteiger partial charge on any atom is -0.467 e. The van der Waals surface area contributed by atoms with Gasteiger partial charge in [-0.2, -0.15) is 0 Å². The Balaban J connectivity index is 2.46. The molecule has 0 N–H and O–H groups in total. The largest absolute Gasteiger partial charge is 0.467 e. The first kappa shape index (κ1) is 18.2. The molecule has 0 amide bonds. The highest BCUT2D eigenvalue weighted by Gasteiger charge is 2.57. The lowest BCUT2D eigenvalue weighted by atomic mass is 10.0. The van der Waals surface area contributed by atoms with Crippen LogP contribution in [0.1, 0.15) is 12.5 Å². The highest BCUT2D eigenvalue weighted by atomic mass is 79.9. The van der Waals surface area contributed by atoms with E-state index in [1.807, 2.05) is 0 Å². The number of methoxy groups -OCH3 is 2. The van der Waals surface area contributed by atoms with E-state index in [4.69, 9.17) is 30.5 Å². The van der Waals surface area contributed by atoms with Gasteiger partial charge in [0.1, 0.15) is 0 Å². The third kappa shape index (κ3) is 3.38. The quantitative estimate of drug-likeness (QED) is 0.564. The summed E-state index contributed by atoms with van der Waals surface area (Å²) in [6, 6.07) is 6.74. The van der Waals surface area contributed by atoms with Gasteiger partial charge in [-0.3, -0.25) is 0 Å². The molecule has 0 radical (unpaired) electrons. The van der Waals surface area contributed by atoms with Crippen molar-refractivity contribution in [2.24, 2.45) is 0 Å². The molecule has 6 nitrogen and oxygen atoms in total. The fraction of sp³-hybridized carbons (Fsp3) is 0.467. The number of benzene rings is 1. The third-order valence-corrected chi connectivity index (χ3v) is 4.37. The van der Waals surface area contributed by atoms with E-state index in [-0.39, 0.29) is 4.83 Å². The highest BCUT2D eigenvalue weighted by molar-refractivity contribution is 9.09. The molecule has 0 aliphatic carbocycles. The Kier molecular flexibility index (Phi) is 5.67. The molecule has 8 heteroatoms. The van der Waals surface area contributed by atoms with E-state index in [1.165, 1.54) is 14.2 Å². The Morgan fingerprint density at radius 1 is 1.13 bits per heavy atom. The number of rotatable bonds is 4. The van der Waals surface area contributed by atoms with E-state index < -0.39 is 29.9 Å². The van der Waals surface area contributed by atoms with Crippen LogP contribution in [0.4, 0.5) is 0 Å². The summed E-state index contributed by atoms with van der Waals surface area (Å²) in [5.74, 6) is -2.80. The average Bonchev–Trinajstić information content (AvgIpc) is 2.96. The van der Waals surface area contributed by atoms with Crippen LogP contribution in [0.25, 0.3) is 0 Å². The average molecular weight is 408 g/mol. The van der Waals surface area contributed by atoms with Crippen molar-refractivity contribution >= 4 is 39.5 Å². The van der Waals surface area contributed by atoms with Crippen molar-refractivity contribution in [3.8, 4) is 0 Å². The van der Waals surface area contributed by atoms with Crippen LogP contribution in [0.2, 0.25) is 5.02 Å². The molecule has 3 atom stereocenters. The summed E-state index contributed by atoms with van der Waals surface area (Å²) in [6.45, 7) is 1.78. The van der Waals surface area contributed by atoms with E-state index in [2.05, 4.69) is 15.9 Å². The Labute approximate surface area is 147 Å². The first-order valence-corrected chi connectivity index (χ1v) is 8.06. The van der Waals surface area contributed by atoms with Gasteiger partial charge in [0.25, 0.3) is 0 Å². The van der Waals surface area contributed by atoms with Crippen LogP contribution in [-0.4, -0.2) is 43.2 Å². The summed E-state index contributed by atoms with van der Waals surface area (Å²) in [5.41, 5.74) is 0.603. The molecule has 1 aliphatic heterocycles. The van der Waals surface area contributed by atoms with Crippen LogP contribution in [0.5, 0.6) is 0 Å². The first-order valence-electron chi connectivity index (χ1n) is 6.77. The molecule has 0 aromatic heterocycles. The molecule has 1 saturated heterocycles. The zero-order valence-corrected chi connectivity index (χ0v) is 15.1. The molecule has 1 aromatic rings. The predicted molar refractivity (Wildman–Crippen MR) is 85.3 cm³/mol. The van der Waals surface area contributed by atoms with Crippen molar-refractivity contribution in [1.29, 1.82) is 0 Å². The van der Waals surface area contributed by atoms with E-state index >= 15 is 0 Å². The summed E-state index contributed by atoms with van der Waals surface area (Å²) >= 11 is 9.33. The van der Waals surface area contributed by atoms with Crippen LogP contribution < -0.4 is 0 Å². The van der Waals surface area contributed by atoms with Crippen molar-refractivity contribution < 1.29 is 28.5 Å². The Bertz CT molecular complexity index is 564. The Hall–Kier alpha value is -1.15. The van der Waals surface area contributed by atoms with Gasteiger partial charge in [-0.25, -0.2) is 9.59 Å². The van der Waals surface area contributed by atoms with Crippen LogP contribution in [0.3, 0.4) is 0 Å². The second kappa shape index (κ2) is 7.17. The zero-order valence-electron chi connectivity index (χ0n) is 12.7. The van der Waals surface area contributed by atoms with Gasteiger partial charge in [0, 0.05) is 10.6 Å². The summed E-state index contributed by atoms with van der Waals surface area (Å²) in [7, 11) is 2.42. The summed E-state index contributed by atoms with van der Waals surface area (Å²) in [5, 5.41) is 0.540. The molecule has 0 spiro atoms. The minimum absolute atomic E-state index is 0.377. The van der Waals surface area contributed by atoms with Crippen molar-refractivity contribution in [3.63, 3.8) is 0 Å². The number of hydrogen-bond donors (Lipinski definition) is 0. The summed E-state index contributed by atoms with van der Waals surface area (Å²) in [6.07, 6.45) is -2.47. The maximum atomic E-state index is 12.0. The molecule has 126 valence electrons. The van der Waals surface area contributed by atoms with Gasteiger partial charge in [-0.1, -0.05) is 39.7 Å². The number of ether oxygens (including phenoxy) is 4. The topological polar surface area (TPSA) is 71.1 Å². The molecule has 0 saturated carbocycles. The molecule has 0 bridgehead atoms. The monoisotopic (exact) mass is 406 g/mol. The molecule has 1 heterocycles. The molecule has 23 heavy (non-hydrogen) atoms. The van der Waals surface area contributed by atoms with Gasteiger partial charge in [0.2, 0.25) is 5.79 Å². The number of esters is 2. The predicted octanol–water partition coefficient (Wildman–Crippen LogP) is 2.41. The van der Waals surface area contributed by atoms with Gasteiger partial charge < -0.3 is 18.9 Å². The molecule has 1 unspecified atom stereocenters. The fourth-order valence-corrected chi connectivity index (χ4v) is 2.95. The summed E-state index contributed by atoms with van der Waals surface area (Å²) < 4.78 is 21.1. The SMILES string of the molecule is COC(=O)[C@@H]1OC(c2ccc(Cl)cc2)(C(C)Br)O[C@H]1C(=O)OC. The second-order valence-corrected chi connectivity index (χ2v) is 6.72. The van der Waals surface area contributed by atoms with Crippen molar-refractivity contribution in [2.45, 2.75) is 29.7 Å². The first-order chi connectivity index (χ1) is 10.9. The van der Waals surface area contributed by atoms with Gasteiger partial charge in [0.15, 0.2) is 12.2 Å². The molecule has 1 aliphatic rings. The lowest BCUT2D eigenvalue weighted by Gasteiger charge is -2.31. The number of alkyl halides is 1. The van der Waals surface area contributed by atoms with Crippen molar-refractivity contribution in [1.82, 2.24) is 0 Å². The van der Waals surface area contributed by atoms with E-state index in [0.717, 1.165) is 0 Å². The van der Waals surface area contributed by atoms with Gasteiger partial charge >= 0.3 is 11.9 Å². The van der Waals surface area contributed by atoms with Crippen LogP contribution >= 0.6 is 27.5 Å². The zero-order chi connectivity index (χ0) is 17.2. The van der Waals surface area contributed by atoms with Crippen LogP contribution in [0.15, 0.2) is 24.3 Å². The fourth-order valence-electron chi connectivity index (χ4n) is 2.34. The standard InChI is InChI=1S/C15H16BrClO6/c1-8(16)15(9-4-6-10(17)7-5-9)22-11(13(18)20-2)12(23-15)14(19)21-3/h4-8,11-12H,1-3H3/t8?,11-,12-/m1/s1. The van der Waals surface area contributed by atoms with Crippen LogP contribution in [-0.2, 0) is 34.3 Å². The number of carbonyl (C=O) groups is 2. The molecule has 2 rings (SSSR count). The smallest absolute Gasteiger partial charge is 0.338 e. The second-order valence-electron chi connectivity index (χ2n) is 4.91. The van der Waals surface area contributed by atoms with E-state index in [1.54, 1.807) is 31.2 Å². The highest BCUT2D eigenvalue weighted by Crippen LogP contribution is 2.44. The number of hydrogen-bond acceptors (Lipinski definition) is 6.